The third-order valence-corrected chi connectivity index (χ3v) is 7.11. The summed E-state index contributed by atoms with van der Waals surface area (Å²) in [5.41, 5.74) is 1.77. The van der Waals surface area contributed by atoms with Crippen molar-refractivity contribution in [3.8, 4) is 11.8 Å². The Morgan fingerprint density at radius 2 is 1.64 bits per heavy atom. The fourth-order valence-corrected chi connectivity index (χ4v) is 4.76. The van der Waals surface area contributed by atoms with Crippen LogP contribution in [0.25, 0.3) is 0 Å². The lowest BCUT2D eigenvalue weighted by molar-refractivity contribution is -0.154. The third kappa shape index (κ3) is 10.8. The summed E-state index contributed by atoms with van der Waals surface area (Å²) in [6.45, 7) is -1.14. The van der Waals surface area contributed by atoms with Gasteiger partial charge in [0.25, 0.3) is 5.91 Å². The van der Waals surface area contributed by atoms with Gasteiger partial charge in [-0.25, -0.2) is 8.42 Å². The molecule has 2 amide bonds. The Labute approximate surface area is 251 Å². The molecule has 0 spiro atoms. The monoisotopic (exact) mass is 634 g/mol. The van der Waals surface area contributed by atoms with E-state index >= 15 is 0 Å². The SMILES string of the molecule is O=C1CCCNC(=O)c2ccc(cc2)Cc2nc(nc(OCC(F)(F)F)n2)NCc2ccc(cc2)OC/C=C/CS(=O)(=O)N1. The molecule has 3 N–H and O–H groups in total. The van der Waals surface area contributed by atoms with Crippen molar-refractivity contribution in [3.05, 3.63) is 83.2 Å². The maximum Gasteiger partial charge on any atom is 0.422 e. The summed E-state index contributed by atoms with van der Waals surface area (Å²) in [5, 5.41) is 5.62. The van der Waals surface area contributed by atoms with Crippen molar-refractivity contribution >= 4 is 27.8 Å². The Morgan fingerprint density at radius 3 is 2.36 bits per heavy atom. The van der Waals surface area contributed by atoms with Gasteiger partial charge in [0.2, 0.25) is 21.9 Å². The minimum atomic E-state index is -4.59. The number of rotatable bonds is 2. The number of halogens is 3. The number of hydrogen-bond donors (Lipinski definition) is 3. The number of anilines is 1. The van der Waals surface area contributed by atoms with E-state index in [4.69, 9.17) is 9.47 Å². The number of fused-ring (bicyclic) bond motifs is 2. The second kappa shape index (κ2) is 14.6. The number of carbonyl (C=O) groups excluding carboxylic acids is 2. The average Bonchev–Trinajstić information content (AvgIpc) is 2.97. The molecular weight excluding hydrogens is 605 g/mol. The van der Waals surface area contributed by atoms with Crippen LogP contribution in [0.15, 0.2) is 60.7 Å². The fraction of sp³-hybridized carbons (Fsp3) is 0.321. The summed E-state index contributed by atoms with van der Waals surface area (Å²) in [4.78, 5) is 36.9. The molecule has 1 aromatic heterocycles. The summed E-state index contributed by atoms with van der Waals surface area (Å²) >= 11 is 0. The van der Waals surface area contributed by atoms with Crippen LogP contribution in [0.5, 0.6) is 11.8 Å². The number of alkyl halides is 3. The zero-order chi connectivity index (χ0) is 31.6. The molecule has 3 aromatic rings. The highest BCUT2D eigenvalue weighted by Crippen LogP contribution is 2.19. The minimum Gasteiger partial charge on any atom is -0.490 e. The highest BCUT2D eigenvalue weighted by atomic mass is 32.2. The number of aromatic nitrogens is 3. The van der Waals surface area contributed by atoms with Crippen LogP contribution in [0.1, 0.15) is 40.2 Å². The summed E-state index contributed by atoms with van der Waals surface area (Å²) in [5.74, 6) is -0.845. The normalized spacial score (nSPS) is 17.3. The standard InChI is InChI=1S/C28H29F3N6O6S/c29-28(30,31)18-43-27-35-23-16-19-5-9-21(10-6-19)25(39)32-13-3-4-24(38)37-44(40,41)15-2-1-14-42-22-11-7-20(8-12-22)17-33-26(34-23)36-27/h1-2,5-12H,3-4,13-18H2,(H,32,39)(H,37,38)(H,33,34,35,36)/b2-1+. The largest absolute Gasteiger partial charge is 0.490 e. The zero-order valence-electron chi connectivity index (χ0n) is 23.3. The van der Waals surface area contributed by atoms with Crippen LogP contribution >= 0.6 is 0 Å². The lowest BCUT2D eigenvalue weighted by Gasteiger charge is -2.12. The van der Waals surface area contributed by atoms with Crippen molar-refractivity contribution in [1.82, 2.24) is 25.0 Å². The minimum absolute atomic E-state index is 0.00826. The smallest absolute Gasteiger partial charge is 0.422 e. The molecule has 0 atom stereocenters. The Bertz CT molecular complexity index is 1580. The van der Waals surface area contributed by atoms with Gasteiger partial charge in [0, 0.05) is 31.5 Å². The second-order valence-electron chi connectivity index (χ2n) is 9.58. The molecular formula is C28H29F3N6O6S. The van der Waals surface area contributed by atoms with Crippen molar-refractivity contribution in [1.29, 1.82) is 0 Å². The molecule has 0 radical (unpaired) electrons. The number of nitrogens with one attached hydrogen (secondary N) is 3. The Balaban J connectivity index is 1.53. The van der Waals surface area contributed by atoms with Crippen molar-refractivity contribution in [2.45, 2.75) is 32.0 Å². The van der Waals surface area contributed by atoms with E-state index in [1.807, 2.05) is 4.72 Å². The van der Waals surface area contributed by atoms with Gasteiger partial charge in [0.1, 0.15) is 18.2 Å². The molecule has 6 bridgehead atoms. The number of carbonyl (C=O) groups is 2. The first-order chi connectivity index (χ1) is 20.9. The van der Waals surface area contributed by atoms with Gasteiger partial charge in [-0.3, -0.25) is 14.3 Å². The molecule has 44 heavy (non-hydrogen) atoms. The molecule has 0 unspecified atom stereocenters. The molecule has 3 aliphatic heterocycles. The van der Waals surface area contributed by atoms with E-state index in [0.29, 0.717) is 16.9 Å². The van der Waals surface area contributed by atoms with Crippen molar-refractivity contribution in [2.24, 2.45) is 0 Å². The van der Waals surface area contributed by atoms with Crippen molar-refractivity contribution in [2.75, 3.05) is 30.8 Å². The van der Waals surface area contributed by atoms with Crippen LogP contribution in [-0.4, -0.2) is 66.9 Å². The van der Waals surface area contributed by atoms with Crippen LogP contribution in [0, 0.1) is 0 Å². The van der Waals surface area contributed by atoms with E-state index < -0.39 is 46.4 Å². The molecule has 3 aliphatic rings. The number of benzene rings is 2. The van der Waals surface area contributed by atoms with Gasteiger partial charge < -0.3 is 20.1 Å². The van der Waals surface area contributed by atoms with Crippen molar-refractivity contribution in [3.63, 3.8) is 0 Å². The maximum absolute atomic E-state index is 12.8. The van der Waals surface area contributed by atoms with Crippen LogP contribution in [0.2, 0.25) is 0 Å². The first-order valence-corrected chi connectivity index (χ1v) is 15.0. The van der Waals surface area contributed by atoms with E-state index in [2.05, 4.69) is 25.6 Å². The molecule has 0 fully saturated rings. The molecule has 6 rings (SSSR count). The van der Waals surface area contributed by atoms with Gasteiger partial charge >= 0.3 is 12.2 Å². The lowest BCUT2D eigenvalue weighted by atomic mass is 10.1. The quantitative estimate of drug-likeness (QED) is 0.358. The first kappa shape index (κ1) is 32.2. The molecule has 2 aromatic carbocycles. The van der Waals surface area contributed by atoms with Crippen molar-refractivity contribution < 1.29 is 40.7 Å². The molecule has 234 valence electrons. The molecule has 16 heteroatoms. The van der Waals surface area contributed by atoms with E-state index in [1.54, 1.807) is 48.5 Å². The Kier molecular flexibility index (Phi) is 10.7. The molecule has 4 heterocycles. The lowest BCUT2D eigenvalue weighted by Crippen LogP contribution is -2.33. The molecule has 12 nitrogen and oxygen atoms in total. The zero-order valence-corrected chi connectivity index (χ0v) is 24.1. The highest BCUT2D eigenvalue weighted by molar-refractivity contribution is 7.90. The van der Waals surface area contributed by atoms with Gasteiger partial charge in [-0.2, -0.15) is 28.1 Å². The summed E-state index contributed by atoms with van der Waals surface area (Å²) in [7, 11) is -3.88. The first-order valence-electron chi connectivity index (χ1n) is 13.4. The predicted molar refractivity (Wildman–Crippen MR) is 153 cm³/mol. The van der Waals surface area contributed by atoms with Crippen LogP contribution in [0.4, 0.5) is 19.1 Å². The molecule has 0 saturated heterocycles. The number of ether oxygens (including phenoxy) is 2. The summed E-state index contributed by atoms with van der Waals surface area (Å²) in [6.07, 6.45) is -1.51. The van der Waals surface area contributed by atoms with Gasteiger partial charge in [-0.1, -0.05) is 36.4 Å². The Morgan fingerprint density at radius 1 is 0.909 bits per heavy atom. The van der Waals surface area contributed by atoms with E-state index in [1.165, 1.54) is 12.2 Å². The van der Waals surface area contributed by atoms with Gasteiger partial charge in [0.05, 0.1) is 5.75 Å². The van der Waals surface area contributed by atoms with E-state index in [9.17, 15) is 31.2 Å². The summed E-state index contributed by atoms with van der Waals surface area (Å²) < 4.78 is 75.0. The van der Waals surface area contributed by atoms with Gasteiger partial charge in [0.15, 0.2) is 6.61 Å². The van der Waals surface area contributed by atoms with Crippen LogP contribution < -0.4 is 24.8 Å². The summed E-state index contributed by atoms with van der Waals surface area (Å²) in [6, 6.07) is 12.8. The predicted octanol–water partition coefficient (Wildman–Crippen LogP) is 2.92. The average molecular weight is 635 g/mol. The number of nitrogens with zero attached hydrogens (tertiary/aromatic N) is 3. The maximum atomic E-state index is 12.8. The third-order valence-electron chi connectivity index (χ3n) is 5.94. The fourth-order valence-electron chi connectivity index (χ4n) is 3.83. The van der Waals surface area contributed by atoms with E-state index in [-0.39, 0.29) is 50.7 Å². The Hall–Kier alpha value is -4.73. The highest BCUT2D eigenvalue weighted by Gasteiger charge is 2.29. The van der Waals surface area contributed by atoms with Gasteiger partial charge in [-0.15, -0.1) is 0 Å². The number of sulfonamides is 1. The van der Waals surface area contributed by atoms with Gasteiger partial charge in [-0.05, 0) is 41.8 Å². The molecule has 0 aliphatic carbocycles. The molecule has 0 saturated carbocycles. The van der Waals surface area contributed by atoms with E-state index in [0.717, 1.165) is 5.56 Å². The van der Waals surface area contributed by atoms with Crippen LogP contribution in [0.3, 0.4) is 0 Å². The number of hydrogen-bond acceptors (Lipinski definition) is 10. The number of amides is 2. The second-order valence-corrected chi connectivity index (χ2v) is 11.3. The van der Waals surface area contributed by atoms with Crippen LogP contribution in [-0.2, 0) is 27.8 Å². The topological polar surface area (TPSA) is 162 Å².